The number of carbonyl (C=O) groups is 7. The quantitative estimate of drug-likeness (QED) is 0.0332. The van der Waals surface area contributed by atoms with Crippen LogP contribution >= 0.6 is 31.9 Å². The van der Waals surface area contributed by atoms with Crippen LogP contribution in [0.1, 0.15) is 82.1 Å². The molecule has 0 radical (unpaired) electrons. The first-order valence-electron chi connectivity index (χ1n) is 26.5. The van der Waals surface area contributed by atoms with E-state index in [-0.39, 0.29) is 24.5 Å². The van der Waals surface area contributed by atoms with Crippen LogP contribution in [0.15, 0.2) is 60.7 Å². The molecule has 1 fully saturated rings. The van der Waals surface area contributed by atoms with E-state index >= 15 is 0 Å². The molecule has 2 aromatic rings. The Hall–Kier alpha value is -6.29. The maximum absolute atomic E-state index is 14.2. The summed E-state index contributed by atoms with van der Waals surface area (Å²) in [5.41, 5.74) is -4.22. The summed E-state index contributed by atoms with van der Waals surface area (Å²) in [5.74, 6) is -92.5. The van der Waals surface area contributed by atoms with Gasteiger partial charge in [0, 0.05) is 16.6 Å². The number of hydrogen-bond acceptors (Lipinski definition) is 17. The maximum atomic E-state index is 14.2. The van der Waals surface area contributed by atoms with Crippen molar-refractivity contribution < 1.29 is 178 Å². The lowest BCUT2D eigenvalue weighted by Gasteiger charge is -2.45. The van der Waals surface area contributed by atoms with Crippen molar-refractivity contribution in [2.24, 2.45) is 21.7 Å². The molecule has 0 bridgehead atoms. The van der Waals surface area contributed by atoms with Gasteiger partial charge >= 0.3 is 107 Å². The third-order valence-electron chi connectivity index (χ3n) is 13.4. The molecule has 1 saturated heterocycles. The third kappa shape index (κ3) is 20.0. The van der Waals surface area contributed by atoms with Gasteiger partial charge in [-0.1, -0.05) is 92.5 Å². The molecule has 1 N–H and O–H groups in total. The number of methoxy groups -OCH3 is 2. The number of esters is 5. The zero-order valence-electron chi connectivity index (χ0n) is 51.0. The van der Waals surface area contributed by atoms with E-state index in [1.165, 1.54) is 44.4 Å². The summed E-state index contributed by atoms with van der Waals surface area (Å²) >= 11 is 6.56. The number of aliphatic hydroxyl groups excluding tert-OH is 1. The second kappa shape index (κ2) is 32.1. The van der Waals surface area contributed by atoms with Crippen LogP contribution in [0.2, 0.25) is 0 Å². The Labute approximate surface area is 547 Å². The van der Waals surface area contributed by atoms with E-state index in [0.717, 1.165) is 33.4 Å². The van der Waals surface area contributed by atoms with Gasteiger partial charge in [-0.25, -0.2) is 9.59 Å². The van der Waals surface area contributed by atoms with E-state index in [1.54, 1.807) is 20.8 Å². The Morgan fingerprint density at radius 3 is 1.15 bits per heavy atom. The van der Waals surface area contributed by atoms with E-state index in [4.69, 9.17) is 19.3 Å². The molecule has 1 heterocycles. The number of aliphatic hydroxyl groups is 1. The summed E-state index contributed by atoms with van der Waals surface area (Å²) in [6, 6.07) is 16.7. The van der Waals surface area contributed by atoms with Crippen LogP contribution in [-0.2, 0) is 66.6 Å². The fourth-order valence-electron chi connectivity index (χ4n) is 7.19. The largest absolute Gasteiger partial charge is 0.508 e. The molecule has 0 spiro atoms. The smallest absolute Gasteiger partial charge is 0.468 e. The van der Waals surface area contributed by atoms with Gasteiger partial charge in [0.05, 0.1) is 25.0 Å². The van der Waals surface area contributed by atoms with Gasteiger partial charge in [-0.3, -0.25) is 24.0 Å². The van der Waals surface area contributed by atoms with Gasteiger partial charge < -0.3 is 47.7 Å². The summed E-state index contributed by atoms with van der Waals surface area (Å²) in [4.78, 5) is 80.0. The average molecular weight is 1570 g/mol. The summed E-state index contributed by atoms with van der Waals surface area (Å²) in [6.07, 6.45) is -2.41. The first kappa shape index (κ1) is 87.7. The molecule has 3 atom stereocenters. The number of alkyl halides is 24. The van der Waals surface area contributed by atoms with E-state index in [2.05, 4.69) is 60.3 Å². The SMILES string of the molecule is CC(C)(CC(Br)c1ccccc1)C(=O)OCC(F)(F)C(F)(F)C(F)(F)C(F)(F)C(F)(F)C(F)(F)C(F)(F)C(F)(F)C(F)(F)C(F)(F)CO.COC(=O)C(C)(COC(C)=O)COC(=O)OCC(F)(F)COC(=O)C(C)(C)CC(Br)c1ccccc1.COC(=O)C1(C)COC(=O)OC1. The fourth-order valence-corrected chi connectivity index (χ4v) is 9.42. The van der Waals surface area contributed by atoms with Gasteiger partial charge in [-0.05, 0) is 65.5 Å². The summed E-state index contributed by atoms with van der Waals surface area (Å²) < 4.78 is 345. The Kier molecular flexibility index (Phi) is 29.4. The summed E-state index contributed by atoms with van der Waals surface area (Å²) in [7, 11) is 2.36. The molecular weight excluding hydrogens is 1510 g/mol. The predicted molar refractivity (Wildman–Crippen MR) is 288 cm³/mol. The maximum Gasteiger partial charge on any atom is 0.508 e. The van der Waals surface area contributed by atoms with Crippen molar-refractivity contribution in [1.82, 2.24) is 0 Å². The van der Waals surface area contributed by atoms with E-state index in [0.29, 0.717) is 5.56 Å². The van der Waals surface area contributed by atoms with Crippen molar-refractivity contribution in [3.63, 3.8) is 0 Å². The zero-order chi connectivity index (χ0) is 75.4. The van der Waals surface area contributed by atoms with E-state index < -0.39 is 180 Å². The number of rotatable bonds is 30. The molecule has 17 nitrogen and oxygen atoms in total. The molecule has 41 heteroatoms. The first-order valence-corrected chi connectivity index (χ1v) is 28.3. The minimum absolute atomic E-state index is 0.0124. The highest BCUT2D eigenvalue weighted by Crippen LogP contribution is 2.66. The molecule has 0 aliphatic carbocycles. The average Bonchev–Trinajstić information content (AvgIpc) is 0.689. The molecule has 1 aliphatic rings. The van der Waals surface area contributed by atoms with Crippen molar-refractivity contribution in [3.8, 4) is 0 Å². The van der Waals surface area contributed by atoms with Crippen LogP contribution in [0.25, 0.3) is 0 Å². The molecule has 0 aromatic heterocycles. The zero-order valence-corrected chi connectivity index (χ0v) is 54.2. The molecule has 96 heavy (non-hydrogen) atoms. The summed E-state index contributed by atoms with van der Waals surface area (Å²) in [5, 5.41) is 7.98. The van der Waals surface area contributed by atoms with Gasteiger partial charge in [0.25, 0.3) is 0 Å². The topological polar surface area (TPSA) is 223 Å². The van der Waals surface area contributed by atoms with Crippen molar-refractivity contribution >= 4 is 74.0 Å². The van der Waals surface area contributed by atoms with Crippen LogP contribution in [0.5, 0.6) is 0 Å². The third-order valence-corrected chi connectivity index (χ3v) is 15.1. The second-order valence-electron chi connectivity index (χ2n) is 22.6. The normalized spacial score (nSPS) is 16.0. The highest BCUT2D eigenvalue weighted by molar-refractivity contribution is 9.09. The molecular formula is C55H60Br2F22O17. The molecule has 2 aromatic carbocycles. The second-order valence-corrected chi connectivity index (χ2v) is 24.9. The van der Waals surface area contributed by atoms with Crippen LogP contribution in [0.4, 0.5) is 106 Å². The number of hydrogen-bond donors (Lipinski definition) is 1. The number of benzene rings is 2. The predicted octanol–water partition coefficient (Wildman–Crippen LogP) is 14.4. The minimum Gasteiger partial charge on any atom is -0.468 e. The van der Waals surface area contributed by atoms with Crippen LogP contribution in [-0.4, -0.2) is 179 Å². The summed E-state index contributed by atoms with van der Waals surface area (Å²) in [6.45, 7) is -1.96. The van der Waals surface area contributed by atoms with Gasteiger partial charge in [-0.15, -0.1) is 0 Å². The van der Waals surface area contributed by atoms with E-state index in [1.807, 2.05) is 30.3 Å². The van der Waals surface area contributed by atoms with Gasteiger partial charge in [0.1, 0.15) is 43.9 Å². The van der Waals surface area contributed by atoms with Crippen molar-refractivity contribution in [3.05, 3.63) is 71.8 Å². The molecule has 0 saturated carbocycles. The number of halogens is 24. The lowest BCUT2D eigenvalue weighted by Crippen LogP contribution is -2.77. The van der Waals surface area contributed by atoms with E-state index in [9.17, 15) is 130 Å². The van der Waals surface area contributed by atoms with Gasteiger partial charge in [-0.2, -0.15) is 96.6 Å². The Bertz CT molecular complexity index is 2950. The Morgan fingerprint density at radius 1 is 0.479 bits per heavy atom. The van der Waals surface area contributed by atoms with Crippen LogP contribution in [0.3, 0.4) is 0 Å². The van der Waals surface area contributed by atoms with Crippen molar-refractivity contribution in [2.75, 3.05) is 67.1 Å². The highest BCUT2D eigenvalue weighted by atomic mass is 79.9. The fraction of sp³-hybridized carbons (Fsp3) is 0.655. The van der Waals surface area contributed by atoms with Crippen molar-refractivity contribution in [2.45, 2.75) is 136 Å². The molecule has 0 amide bonds. The Morgan fingerprint density at radius 2 is 0.802 bits per heavy atom. The highest BCUT2D eigenvalue weighted by Gasteiger charge is 2.97. The van der Waals surface area contributed by atoms with Crippen molar-refractivity contribution in [1.29, 1.82) is 0 Å². The minimum atomic E-state index is -9.18. The van der Waals surface area contributed by atoms with Crippen LogP contribution in [0, 0.1) is 21.7 Å². The lowest BCUT2D eigenvalue weighted by atomic mass is 9.85. The van der Waals surface area contributed by atoms with Gasteiger partial charge in [0.15, 0.2) is 19.8 Å². The van der Waals surface area contributed by atoms with Gasteiger partial charge in [0.2, 0.25) is 0 Å². The number of ether oxygens (including phenoxy) is 9. The first-order chi connectivity index (χ1) is 43.1. The molecule has 550 valence electrons. The standard InChI is InChI=1S/C24H19BrF20O3.C24H31BrF2O9.C7H10O5/c1-14(2,8-12(25)11-6-4-3-5-7-11)13(47)48-10-16(28,29)18(32,33)20(36,37)22(40,41)24(44,45)23(42,43)21(38,39)19(34,35)17(30,31)15(26,27)9-46;1-16(28)33-12-23(4,20(30)32-5)13-35-21(31)36-15-24(26,27)14-34-19(29)22(2,3)11-18(25)17-9-7-6-8-10-17;1-7(5(8)10-2)3-11-6(9)12-4-7/h3-7,12,46H,8-10H2,1-2H3;6-10,18H,11-15H2,1-5H3;3-4H2,1-2H3. The Balaban J connectivity index is 0.000000837. The molecule has 3 unspecified atom stereocenters. The number of cyclic esters (lactones) is 2. The molecule has 1 aliphatic heterocycles. The number of carbonyl (C=O) groups excluding carboxylic acids is 7. The monoisotopic (exact) mass is 1570 g/mol. The molecule has 3 rings (SSSR count). The lowest BCUT2D eigenvalue weighted by molar-refractivity contribution is -0.469. The van der Waals surface area contributed by atoms with Crippen LogP contribution < -0.4 is 0 Å².